The molecule has 0 spiro atoms. The number of hydrogen-bond acceptors (Lipinski definition) is 4. The minimum Gasteiger partial charge on any atom is -0.481 e. The van der Waals surface area contributed by atoms with E-state index < -0.39 is 21.9 Å². The van der Waals surface area contributed by atoms with Crippen molar-refractivity contribution >= 4 is 21.6 Å². The Morgan fingerprint density at radius 3 is 2.66 bits per heavy atom. The average molecular weight is 495 g/mol. The second-order valence-electron chi connectivity index (χ2n) is 9.17. The Labute approximate surface area is 204 Å². The molecule has 1 N–H and O–H groups in total. The molecule has 0 radical (unpaired) electrons. The first-order valence-corrected chi connectivity index (χ1v) is 13.2. The predicted molar refractivity (Wildman–Crippen MR) is 131 cm³/mol. The maximum Gasteiger partial charge on any atom is 0.264 e. The summed E-state index contributed by atoms with van der Waals surface area (Å²) in [5, 5.41) is 0. The van der Waals surface area contributed by atoms with Crippen molar-refractivity contribution < 1.29 is 22.3 Å². The zero-order valence-electron chi connectivity index (χ0n) is 19.6. The number of nitrogens with one attached hydrogen (secondary N) is 1. The molecular formula is C27H27FN2O4S. The zero-order chi connectivity index (χ0) is 24.7. The van der Waals surface area contributed by atoms with Crippen molar-refractivity contribution in [2.45, 2.75) is 56.7 Å². The third-order valence-electron chi connectivity index (χ3n) is 6.76. The molecule has 1 aliphatic carbocycles. The molecule has 0 saturated carbocycles. The molecule has 1 amide bonds. The van der Waals surface area contributed by atoms with Gasteiger partial charge in [0.25, 0.3) is 15.9 Å². The van der Waals surface area contributed by atoms with Gasteiger partial charge in [0, 0.05) is 11.3 Å². The van der Waals surface area contributed by atoms with Crippen LogP contribution in [0.25, 0.3) is 0 Å². The molecule has 182 valence electrons. The van der Waals surface area contributed by atoms with Gasteiger partial charge in [-0.05, 0) is 80.1 Å². The smallest absolute Gasteiger partial charge is 0.264 e. The number of benzene rings is 3. The van der Waals surface area contributed by atoms with Crippen LogP contribution in [-0.2, 0) is 27.8 Å². The second-order valence-corrected chi connectivity index (χ2v) is 10.9. The summed E-state index contributed by atoms with van der Waals surface area (Å²) in [5.74, 6) is -0.138. The van der Waals surface area contributed by atoms with Gasteiger partial charge < -0.3 is 9.64 Å². The van der Waals surface area contributed by atoms with Crippen molar-refractivity contribution in [3.8, 4) is 5.75 Å². The standard InChI is InChI=1S/C27H27FN2O4S/c1-17-10-12-22(15-24(17)28)35(32,33)29-21-11-13-26-20(14-21)16-30(27(31)18(2)34-26)25-9-5-7-19-6-3-4-8-23(19)25/h3-4,6,8,10-15,18,25,29H,5,7,9,16H2,1-2H3/t18-,25-/m0/s1. The molecule has 0 unspecified atom stereocenters. The maximum absolute atomic E-state index is 14.0. The van der Waals surface area contributed by atoms with E-state index in [-0.39, 0.29) is 16.8 Å². The largest absolute Gasteiger partial charge is 0.481 e. The number of nitrogens with zero attached hydrogens (tertiary/aromatic N) is 1. The van der Waals surface area contributed by atoms with Gasteiger partial charge >= 0.3 is 0 Å². The van der Waals surface area contributed by atoms with Gasteiger partial charge in [-0.3, -0.25) is 9.52 Å². The van der Waals surface area contributed by atoms with Crippen LogP contribution in [0.2, 0.25) is 0 Å². The molecule has 35 heavy (non-hydrogen) atoms. The highest BCUT2D eigenvalue weighted by Gasteiger charge is 2.35. The lowest BCUT2D eigenvalue weighted by Gasteiger charge is -2.35. The number of aryl methyl sites for hydroxylation is 2. The van der Waals surface area contributed by atoms with Crippen molar-refractivity contribution in [1.29, 1.82) is 0 Å². The number of halogens is 1. The fraction of sp³-hybridized carbons (Fsp3) is 0.296. The molecule has 1 heterocycles. The van der Waals surface area contributed by atoms with Gasteiger partial charge in [0.1, 0.15) is 11.6 Å². The summed E-state index contributed by atoms with van der Waals surface area (Å²) in [6, 6.07) is 16.9. The summed E-state index contributed by atoms with van der Waals surface area (Å²) >= 11 is 0. The highest BCUT2D eigenvalue weighted by molar-refractivity contribution is 7.92. The first kappa shape index (κ1) is 23.4. The minimum atomic E-state index is -4.00. The molecule has 1 aliphatic heterocycles. The topological polar surface area (TPSA) is 75.7 Å². The van der Waals surface area contributed by atoms with Crippen LogP contribution in [0, 0.1) is 12.7 Å². The van der Waals surface area contributed by atoms with Crippen LogP contribution in [-0.4, -0.2) is 25.3 Å². The summed E-state index contributed by atoms with van der Waals surface area (Å²) in [5.41, 5.74) is 3.80. The second kappa shape index (κ2) is 9.00. The lowest BCUT2D eigenvalue weighted by molar-refractivity contribution is -0.140. The van der Waals surface area contributed by atoms with Crippen LogP contribution >= 0.6 is 0 Å². The third kappa shape index (κ3) is 4.50. The predicted octanol–water partition coefficient (Wildman–Crippen LogP) is 5.12. The number of sulfonamides is 1. The zero-order valence-corrected chi connectivity index (χ0v) is 20.4. The number of carbonyl (C=O) groups excluding carboxylic acids is 1. The van der Waals surface area contributed by atoms with Gasteiger partial charge in [-0.2, -0.15) is 0 Å². The Bertz CT molecular complexity index is 1410. The molecule has 2 aliphatic rings. The van der Waals surface area contributed by atoms with E-state index in [2.05, 4.69) is 16.9 Å². The van der Waals surface area contributed by atoms with Crippen LogP contribution in [0.1, 0.15) is 48.1 Å². The molecule has 3 aromatic rings. The fourth-order valence-electron chi connectivity index (χ4n) is 4.89. The van der Waals surface area contributed by atoms with E-state index in [1.807, 2.05) is 17.0 Å². The summed E-state index contributed by atoms with van der Waals surface area (Å²) < 4.78 is 48.2. The molecule has 2 atom stereocenters. The number of anilines is 1. The van der Waals surface area contributed by atoms with Crippen molar-refractivity contribution in [3.63, 3.8) is 0 Å². The number of fused-ring (bicyclic) bond motifs is 2. The Kier molecular flexibility index (Phi) is 6.01. The van der Waals surface area contributed by atoms with Crippen molar-refractivity contribution in [3.05, 3.63) is 88.7 Å². The van der Waals surface area contributed by atoms with Crippen molar-refractivity contribution in [2.75, 3.05) is 4.72 Å². The number of carbonyl (C=O) groups is 1. The number of ether oxygens (including phenoxy) is 1. The quantitative estimate of drug-likeness (QED) is 0.546. The van der Waals surface area contributed by atoms with E-state index in [9.17, 15) is 17.6 Å². The highest BCUT2D eigenvalue weighted by Crippen LogP contribution is 2.38. The normalized spacial score (nSPS) is 19.9. The lowest BCUT2D eigenvalue weighted by Crippen LogP contribution is -2.41. The summed E-state index contributed by atoms with van der Waals surface area (Å²) in [6.07, 6.45) is 2.17. The first-order valence-electron chi connectivity index (χ1n) is 11.7. The summed E-state index contributed by atoms with van der Waals surface area (Å²) in [6.45, 7) is 3.61. The highest BCUT2D eigenvalue weighted by atomic mass is 32.2. The minimum absolute atomic E-state index is 0.0691. The van der Waals surface area contributed by atoms with E-state index >= 15 is 0 Å². The third-order valence-corrected chi connectivity index (χ3v) is 8.13. The van der Waals surface area contributed by atoms with Gasteiger partial charge in [0.15, 0.2) is 6.10 Å². The molecule has 0 bridgehead atoms. The monoisotopic (exact) mass is 494 g/mol. The van der Waals surface area contributed by atoms with E-state index in [1.165, 1.54) is 17.7 Å². The Balaban J connectivity index is 1.47. The van der Waals surface area contributed by atoms with Gasteiger partial charge in [0.2, 0.25) is 0 Å². The van der Waals surface area contributed by atoms with E-state index in [0.717, 1.165) is 30.9 Å². The average Bonchev–Trinajstić information content (AvgIpc) is 2.96. The van der Waals surface area contributed by atoms with Crippen LogP contribution in [0.4, 0.5) is 10.1 Å². The Morgan fingerprint density at radius 1 is 1.06 bits per heavy atom. The first-order chi connectivity index (χ1) is 16.7. The van der Waals surface area contributed by atoms with Crippen molar-refractivity contribution in [2.24, 2.45) is 0 Å². The number of amides is 1. The molecule has 6 nitrogen and oxygen atoms in total. The van der Waals surface area contributed by atoms with Crippen LogP contribution in [0.5, 0.6) is 5.75 Å². The molecular weight excluding hydrogens is 467 g/mol. The van der Waals surface area contributed by atoms with E-state index in [1.54, 1.807) is 32.0 Å². The Morgan fingerprint density at radius 2 is 1.86 bits per heavy atom. The molecule has 8 heteroatoms. The van der Waals surface area contributed by atoms with Crippen LogP contribution in [0.15, 0.2) is 65.6 Å². The van der Waals surface area contributed by atoms with E-state index in [0.29, 0.717) is 29.1 Å². The number of rotatable bonds is 4. The van der Waals surface area contributed by atoms with Crippen LogP contribution in [0.3, 0.4) is 0 Å². The molecule has 0 fully saturated rings. The van der Waals surface area contributed by atoms with Crippen molar-refractivity contribution in [1.82, 2.24) is 4.90 Å². The molecule has 0 aromatic heterocycles. The van der Waals surface area contributed by atoms with E-state index in [4.69, 9.17) is 4.74 Å². The van der Waals surface area contributed by atoms with Crippen LogP contribution < -0.4 is 9.46 Å². The Hall–Kier alpha value is -3.39. The number of hydrogen-bond donors (Lipinski definition) is 1. The maximum atomic E-state index is 14.0. The molecule has 0 saturated heterocycles. The van der Waals surface area contributed by atoms with Gasteiger partial charge in [-0.15, -0.1) is 0 Å². The molecule has 3 aromatic carbocycles. The summed E-state index contributed by atoms with van der Waals surface area (Å²) in [4.78, 5) is 15.0. The van der Waals surface area contributed by atoms with Gasteiger partial charge in [-0.25, -0.2) is 12.8 Å². The fourth-order valence-corrected chi connectivity index (χ4v) is 5.95. The van der Waals surface area contributed by atoms with Gasteiger partial charge in [-0.1, -0.05) is 30.3 Å². The van der Waals surface area contributed by atoms with Gasteiger partial charge in [0.05, 0.1) is 17.5 Å². The molecule has 5 rings (SSSR count). The lowest BCUT2D eigenvalue weighted by atomic mass is 9.86. The SMILES string of the molecule is Cc1ccc(S(=O)(=O)Nc2ccc3c(c2)CN([C@H]2CCCc4ccccc42)C(=O)[C@H](C)O3)cc1F. The summed E-state index contributed by atoms with van der Waals surface area (Å²) in [7, 11) is -4.00.